The van der Waals surface area contributed by atoms with Gasteiger partial charge in [0.05, 0.1) is 22.3 Å². The Hall–Kier alpha value is -3.21. The minimum Gasteiger partial charge on any atom is -0.382 e. The van der Waals surface area contributed by atoms with Crippen molar-refractivity contribution in [3.63, 3.8) is 0 Å². The van der Waals surface area contributed by atoms with E-state index in [9.17, 15) is 9.59 Å². The number of imide groups is 1. The molecule has 0 atom stereocenters. The van der Waals surface area contributed by atoms with Crippen molar-refractivity contribution in [2.75, 3.05) is 10.6 Å². The second kappa shape index (κ2) is 4.39. The van der Waals surface area contributed by atoms with Crippen LogP contribution in [0.5, 0.6) is 0 Å². The zero-order valence-corrected chi connectivity index (χ0v) is 11.5. The van der Waals surface area contributed by atoms with Crippen LogP contribution in [-0.4, -0.2) is 16.8 Å². The number of rotatable bonds is 1. The van der Waals surface area contributed by atoms with Crippen LogP contribution in [0.25, 0.3) is 10.9 Å². The number of fused-ring (bicyclic) bond motifs is 2. The summed E-state index contributed by atoms with van der Waals surface area (Å²) in [4.78, 5) is 30.4. The highest BCUT2D eigenvalue weighted by atomic mass is 16.2. The lowest BCUT2D eigenvalue weighted by Crippen LogP contribution is -2.30. The molecule has 2 amide bonds. The number of amides is 2. The molecule has 0 unspecified atom stereocenters. The first-order chi connectivity index (χ1) is 10.7. The summed E-state index contributed by atoms with van der Waals surface area (Å²) >= 11 is 0. The highest BCUT2D eigenvalue weighted by molar-refractivity contribution is 6.35. The first-order valence-electron chi connectivity index (χ1n) is 6.80. The maximum Gasteiger partial charge on any atom is 0.266 e. The number of benzene rings is 2. The van der Waals surface area contributed by atoms with Crippen LogP contribution in [-0.2, 0) is 0 Å². The van der Waals surface area contributed by atoms with Gasteiger partial charge in [0.2, 0.25) is 0 Å². The number of nitrogen functional groups attached to an aromatic ring is 1. The van der Waals surface area contributed by atoms with Crippen LogP contribution in [0.1, 0.15) is 20.7 Å². The Kier molecular flexibility index (Phi) is 2.50. The predicted molar refractivity (Wildman–Crippen MR) is 83.7 cm³/mol. The topological polar surface area (TPSA) is 76.3 Å². The number of hydrogen-bond acceptors (Lipinski definition) is 4. The Labute approximate surface area is 126 Å². The van der Waals surface area contributed by atoms with E-state index >= 15 is 0 Å². The summed E-state index contributed by atoms with van der Waals surface area (Å²) in [5, 5.41) is 0.822. The van der Waals surface area contributed by atoms with Gasteiger partial charge in [0.25, 0.3) is 11.8 Å². The van der Waals surface area contributed by atoms with Gasteiger partial charge in [0, 0.05) is 5.39 Å². The van der Waals surface area contributed by atoms with Crippen molar-refractivity contribution in [3.8, 4) is 0 Å². The Morgan fingerprint density at radius 1 is 0.864 bits per heavy atom. The summed E-state index contributed by atoms with van der Waals surface area (Å²) in [6.07, 6.45) is 0. The number of nitrogens with two attached hydrogens (primary N) is 1. The maximum atomic E-state index is 12.5. The van der Waals surface area contributed by atoms with E-state index < -0.39 is 0 Å². The van der Waals surface area contributed by atoms with Crippen molar-refractivity contribution >= 4 is 34.2 Å². The number of para-hydroxylation sites is 1. The van der Waals surface area contributed by atoms with Gasteiger partial charge < -0.3 is 5.73 Å². The molecule has 5 nitrogen and oxygen atoms in total. The molecule has 0 spiro atoms. The number of hydrogen-bond donors (Lipinski definition) is 1. The molecule has 3 aromatic rings. The van der Waals surface area contributed by atoms with Crippen molar-refractivity contribution in [1.82, 2.24) is 4.98 Å². The van der Waals surface area contributed by atoms with Crippen molar-refractivity contribution in [1.29, 1.82) is 0 Å². The van der Waals surface area contributed by atoms with Gasteiger partial charge in [0.15, 0.2) is 0 Å². The summed E-state index contributed by atoms with van der Waals surface area (Å²) in [7, 11) is 0. The molecule has 1 aliphatic heterocycles. The van der Waals surface area contributed by atoms with Crippen LogP contribution in [0.3, 0.4) is 0 Å². The number of pyridine rings is 1. The van der Waals surface area contributed by atoms with E-state index in [1.54, 1.807) is 30.3 Å². The van der Waals surface area contributed by atoms with E-state index in [-0.39, 0.29) is 17.6 Å². The number of carbonyl (C=O) groups excluding carboxylic acids is 2. The minimum absolute atomic E-state index is 0.160. The Balaban J connectivity index is 1.92. The van der Waals surface area contributed by atoms with Gasteiger partial charge in [-0.3, -0.25) is 9.59 Å². The van der Waals surface area contributed by atoms with Gasteiger partial charge in [-0.15, -0.1) is 0 Å². The van der Waals surface area contributed by atoms with Crippen LogP contribution in [0.2, 0.25) is 0 Å². The third-order valence-electron chi connectivity index (χ3n) is 3.77. The predicted octanol–water partition coefficient (Wildman–Crippen LogP) is 2.62. The molecule has 2 N–H and O–H groups in total. The molecule has 5 heteroatoms. The van der Waals surface area contributed by atoms with E-state index in [2.05, 4.69) is 4.98 Å². The highest BCUT2D eigenvalue weighted by Gasteiger charge is 2.37. The molecule has 2 aromatic carbocycles. The van der Waals surface area contributed by atoms with Gasteiger partial charge in [-0.05, 0) is 24.3 Å². The van der Waals surface area contributed by atoms with Crippen molar-refractivity contribution in [2.24, 2.45) is 0 Å². The normalized spacial score (nSPS) is 13.7. The second-order valence-corrected chi connectivity index (χ2v) is 5.08. The van der Waals surface area contributed by atoms with Crippen LogP contribution < -0.4 is 10.6 Å². The van der Waals surface area contributed by atoms with Gasteiger partial charge in [-0.25, -0.2) is 9.88 Å². The number of nitrogens with zero attached hydrogens (tertiary/aromatic N) is 2. The lowest BCUT2D eigenvalue weighted by atomic mass is 10.1. The average Bonchev–Trinajstić information content (AvgIpc) is 2.79. The fourth-order valence-electron chi connectivity index (χ4n) is 2.71. The summed E-state index contributed by atoms with van der Waals surface area (Å²) in [6.45, 7) is 0. The van der Waals surface area contributed by atoms with Gasteiger partial charge >= 0.3 is 0 Å². The maximum absolute atomic E-state index is 12.5. The Bertz CT molecular complexity index is 915. The molecule has 0 aliphatic carbocycles. The third-order valence-corrected chi connectivity index (χ3v) is 3.77. The van der Waals surface area contributed by atoms with E-state index in [0.29, 0.717) is 16.8 Å². The highest BCUT2D eigenvalue weighted by Crippen LogP contribution is 2.33. The molecule has 0 fully saturated rings. The molecule has 0 radical (unpaired) electrons. The van der Waals surface area contributed by atoms with E-state index in [4.69, 9.17) is 5.73 Å². The van der Waals surface area contributed by atoms with E-state index in [1.807, 2.05) is 24.3 Å². The Morgan fingerprint density at radius 2 is 1.45 bits per heavy atom. The van der Waals surface area contributed by atoms with Crippen molar-refractivity contribution < 1.29 is 9.59 Å². The number of anilines is 2. The van der Waals surface area contributed by atoms with Crippen LogP contribution in [0.15, 0.2) is 54.6 Å². The largest absolute Gasteiger partial charge is 0.382 e. The van der Waals surface area contributed by atoms with Crippen LogP contribution in [0.4, 0.5) is 11.5 Å². The van der Waals surface area contributed by atoms with E-state index in [0.717, 1.165) is 15.8 Å². The van der Waals surface area contributed by atoms with Crippen LogP contribution in [0, 0.1) is 0 Å². The monoisotopic (exact) mass is 289 g/mol. The molecular formula is C17H11N3O2. The molecular weight excluding hydrogens is 278 g/mol. The average molecular weight is 289 g/mol. The first-order valence-corrected chi connectivity index (χ1v) is 6.80. The molecule has 1 aliphatic rings. The number of carbonyl (C=O) groups is 2. The Morgan fingerprint density at radius 3 is 2.14 bits per heavy atom. The molecule has 4 rings (SSSR count). The van der Waals surface area contributed by atoms with Gasteiger partial charge in [0.1, 0.15) is 5.82 Å². The smallest absolute Gasteiger partial charge is 0.266 e. The standard InChI is InChI=1S/C17H11N3O2/c18-15-14(9-10-5-1-4-8-13(10)19-15)20-16(21)11-6-2-3-7-12(11)17(20)22/h1-9H,(H2,18,19). The minimum atomic E-state index is -0.371. The second-order valence-electron chi connectivity index (χ2n) is 5.08. The summed E-state index contributed by atoms with van der Waals surface area (Å²) in [5.41, 5.74) is 7.79. The molecule has 106 valence electrons. The quantitative estimate of drug-likeness (QED) is 0.699. The summed E-state index contributed by atoms with van der Waals surface area (Å²) < 4.78 is 0. The molecule has 0 saturated carbocycles. The first kappa shape index (κ1) is 12.5. The van der Waals surface area contributed by atoms with E-state index in [1.165, 1.54) is 0 Å². The lowest BCUT2D eigenvalue weighted by Gasteiger charge is -2.16. The zero-order valence-electron chi connectivity index (χ0n) is 11.5. The zero-order chi connectivity index (χ0) is 15.3. The molecule has 22 heavy (non-hydrogen) atoms. The van der Waals surface area contributed by atoms with Crippen LogP contribution >= 0.6 is 0 Å². The summed E-state index contributed by atoms with van der Waals surface area (Å²) in [5.74, 6) is -0.582. The SMILES string of the molecule is Nc1nc2ccccc2cc1N1C(=O)c2ccccc2C1=O. The fraction of sp³-hybridized carbons (Fsp3) is 0. The lowest BCUT2D eigenvalue weighted by molar-refractivity contribution is 0.0926. The fourth-order valence-corrected chi connectivity index (χ4v) is 2.71. The van der Waals surface area contributed by atoms with Gasteiger partial charge in [-0.1, -0.05) is 30.3 Å². The number of aromatic nitrogens is 1. The third kappa shape index (κ3) is 1.62. The van der Waals surface area contributed by atoms with Crippen molar-refractivity contribution in [2.45, 2.75) is 0 Å². The molecule has 2 heterocycles. The van der Waals surface area contributed by atoms with Gasteiger partial charge in [-0.2, -0.15) is 0 Å². The molecule has 0 saturated heterocycles. The molecule has 1 aromatic heterocycles. The van der Waals surface area contributed by atoms with Crippen molar-refractivity contribution in [3.05, 3.63) is 65.7 Å². The molecule has 0 bridgehead atoms. The summed E-state index contributed by atoms with van der Waals surface area (Å²) in [6, 6.07) is 15.9.